The Balaban J connectivity index is 2.50. The number of ether oxygens (including phenoxy) is 1. The Hall–Kier alpha value is -0.200. The summed E-state index contributed by atoms with van der Waals surface area (Å²) in [5.41, 5.74) is 0. The van der Waals surface area contributed by atoms with E-state index in [0.717, 1.165) is 0 Å². The van der Waals surface area contributed by atoms with Crippen LogP contribution in [0.1, 0.15) is 19.8 Å². The SMILES string of the molecule is COC[C@@H](N/C=C(Br)\N=C(\Br)C(C)=O)C1CC1. The molecular weight excluding hydrogens is 352 g/mol. The summed E-state index contributed by atoms with van der Waals surface area (Å²) in [4.78, 5) is 15.0. The van der Waals surface area contributed by atoms with E-state index in [9.17, 15) is 4.79 Å². The number of Topliss-reactive ketones (excluding diaryl/α,β-unsaturated/α-hetero) is 1. The van der Waals surface area contributed by atoms with Gasteiger partial charge in [0.1, 0.15) is 9.23 Å². The predicted molar refractivity (Wildman–Crippen MR) is 75.6 cm³/mol. The highest BCUT2D eigenvalue weighted by atomic mass is 79.9. The molecule has 0 bridgehead atoms. The second-order valence-electron chi connectivity index (χ2n) is 3.99. The first kappa shape index (κ1) is 14.9. The molecule has 0 unspecified atom stereocenters. The lowest BCUT2D eigenvalue weighted by atomic mass is 10.2. The summed E-state index contributed by atoms with van der Waals surface area (Å²) in [6.45, 7) is 2.14. The number of carbonyl (C=O) groups excluding carboxylic acids is 1. The highest BCUT2D eigenvalue weighted by Gasteiger charge is 2.30. The van der Waals surface area contributed by atoms with Crippen LogP contribution in [0.5, 0.6) is 0 Å². The van der Waals surface area contributed by atoms with Crippen molar-refractivity contribution in [2.75, 3.05) is 13.7 Å². The number of nitrogens with zero attached hydrogens (tertiary/aromatic N) is 1. The standard InChI is InChI=1S/C11H16Br2N2O2/c1-7(16)11(13)15-10(12)5-14-9(6-17-2)8-3-4-8/h5,8-9,14H,3-4,6H2,1-2H3/b10-5-,15-11+/t9-/m1/s1. The minimum Gasteiger partial charge on any atom is -0.383 e. The van der Waals surface area contributed by atoms with Gasteiger partial charge in [-0.1, -0.05) is 0 Å². The summed E-state index contributed by atoms with van der Waals surface area (Å²) in [5, 5.41) is 3.25. The van der Waals surface area contributed by atoms with Gasteiger partial charge in [-0.15, -0.1) is 0 Å². The molecule has 17 heavy (non-hydrogen) atoms. The van der Waals surface area contributed by atoms with Gasteiger partial charge in [0, 0.05) is 20.2 Å². The van der Waals surface area contributed by atoms with Crippen LogP contribution in [0.4, 0.5) is 0 Å². The molecule has 1 fully saturated rings. The van der Waals surface area contributed by atoms with Gasteiger partial charge in [0.05, 0.1) is 12.6 Å². The highest BCUT2D eigenvalue weighted by Crippen LogP contribution is 2.32. The van der Waals surface area contributed by atoms with Crippen molar-refractivity contribution in [1.82, 2.24) is 5.32 Å². The monoisotopic (exact) mass is 366 g/mol. The largest absolute Gasteiger partial charge is 0.383 e. The average molecular weight is 368 g/mol. The normalized spacial score (nSPS) is 19.1. The van der Waals surface area contributed by atoms with Gasteiger partial charge in [-0.3, -0.25) is 4.79 Å². The van der Waals surface area contributed by atoms with E-state index in [1.807, 2.05) is 0 Å². The van der Waals surface area contributed by atoms with Crippen molar-refractivity contribution in [2.45, 2.75) is 25.8 Å². The second kappa shape index (κ2) is 7.28. The molecule has 0 heterocycles. The fourth-order valence-electron chi connectivity index (χ4n) is 1.38. The summed E-state index contributed by atoms with van der Waals surface area (Å²) in [6, 6.07) is 0.318. The van der Waals surface area contributed by atoms with Crippen LogP contribution in [0.25, 0.3) is 0 Å². The molecule has 1 aliphatic rings. The number of rotatable bonds is 7. The van der Waals surface area contributed by atoms with E-state index in [1.165, 1.54) is 19.8 Å². The number of hydrogen-bond acceptors (Lipinski definition) is 4. The van der Waals surface area contributed by atoms with Crippen LogP contribution < -0.4 is 5.32 Å². The number of halogens is 2. The fourth-order valence-corrected chi connectivity index (χ4v) is 2.12. The number of methoxy groups -OCH3 is 1. The minimum atomic E-state index is -0.106. The summed E-state index contributed by atoms with van der Waals surface area (Å²) < 4.78 is 6.04. The maximum Gasteiger partial charge on any atom is 0.185 e. The lowest BCUT2D eigenvalue weighted by molar-refractivity contribution is -0.110. The van der Waals surface area contributed by atoms with Crippen molar-refractivity contribution in [3.05, 3.63) is 10.8 Å². The minimum absolute atomic E-state index is 0.106. The molecule has 0 radical (unpaired) electrons. The molecule has 0 amide bonds. The van der Waals surface area contributed by atoms with Crippen molar-refractivity contribution in [3.8, 4) is 0 Å². The summed E-state index contributed by atoms with van der Waals surface area (Å²) in [6.07, 6.45) is 4.24. The number of aliphatic imine (C=N–C) groups is 1. The first-order chi connectivity index (χ1) is 8.04. The van der Waals surface area contributed by atoms with E-state index in [2.05, 4.69) is 42.2 Å². The van der Waals surface area contributed by atoms with Crippen molar-refractivity contribution >= 4 is 42.3 Å². The average Bonchev–Trinajstić information content (AvgIpc) is 3.07. The zero-order chi connectivity index (χ0) is 12.8. The van der Waals surface area contributed by atoms with Crippen molar-refractivity contribution in [3.63, 3.8) is 0 Å². The fraction of sp³-hybridized carbons (Fsp3) is 0.636. The highest BCUT2D eigenvalue weighted by molar-refractivity contribution is 9.19. The van der Waals surface area contributed by atoms with E-state index in [0.29, 0.717) is 27.8 Å². The lowest BCUT2D eigenvalue weighted by Gasteiger charge is -2.15. The number of carbonyl (C=O) groups is 1. The first-order valence-corrected chi connectivity index (χ1v) is 6.99. The van der Waals surface area contributed by atoms with Gasteiger partial charge in [-0.25, -0.2) is 4.99 Å². The third-order valence-electron chi connectivity index (χ3n) is 2.45. The topological polar surface area (TPSA) is 50.7 Å². The Morgan fingerprint density at radius 2 is 2.24 bits per heavy atom. The number of hydrogen-bond donors (Lipinski definition) is 1. The first-order valence-electron chi connectivity index (χ1n) is 5.40. The second-order valence-corrected chi connectivity index (χ2v) is 5.56. The smallest absolute Gasteiger partial charge is 0.185 e. The molecule has 0 aromatic heterocycles. The van der Waals surface area contributed by atoms with Gasteiger partial charge < -0.3 is 10.1 Å². The molecule has 0 aliphatic heterocycles. The van der Waals surface area contributed by atoms with E-state index in [1.54, 1.807) is 13.3 Å². The zero-order valence-electron chi connectivity index (χ0n) is 9.87. The van der Waals surface area contributed by atoms with E-state index >= 15 is 0 Å². The summed E-state index contributed by atoms with van der Waals surface area (Å²) >= 11 is 6.38. The van der Waals surface area contributed by atoms with Crippen LogP contribution in [0.3, 0.4) is 0 Å². The molecule has 1 N–H and O–H groups in total. The van der Waals surface area contributed by atoms with Crippen LogP contribution in [0, 0.1) is 5.92 Å². The quantitative estimate of drug-likeness (QED) is 0.555. The van der Waals surface area contributed by atoms with Gasteiger partial charge in [-0.2, -0.15) is 0 Å². The predicted octanol–water partition coefficient (Wildman–Crippen LogP) is 2.58. The molecule has 0 spiro atoms. The summed E-state index contributed by atoms with van der Waals surface area (Å²) in [7, 11) is 1.69. The molecule has 4 nitrogen and oxygen atoms in total. The van der Waals surface area contributed by atoms with Gasteiger partial charge in [0.2, 0.25) is 0 Å². The Bertz CT molecular complexity index is 338. The molecule has 1 rings (SSSR count). The summed E-state index contributed by atoms with van der Waals surface area (Å²) in [5.74, 6) is 0.581. The van der Waals surface area contributed by atoms with Crippen molar-refractivity contribution in [2.24, 2.45) is 10.9 Å². The van der Waals surface area contributed by atoms with E-state index in [-0.39, 0.29) is 5.78 Å². The molecule has 0 aromatic carbocycles. The maximum atomic E-state index is 11.0. The third kappa shape index (κ3) is 5.79. The van der Waals surface area contributed by atoms with Crippen LogP contribution >= 0.6 is 31.9 Å². The zero-order valence-corrected chi connectivity index (χ0v) is 13.0. The van der Waals surface area contributed by atoms with Crippen molar-refractivity contribution < 1.29 is 9.53 Å². The van der Waals surface area contributed by atoms with E-state index < -0.39 is 0 Å². The van der Waals surface area contributed by atoms with Crippen LogP contribution in [0.15, 0.2) is 15.8 Å². The Morgan fingerprint density at radius 3 is 2.71 bits per heavy atom. The number of nitrogens with one attached hydrogen (secondary N) is 1. The molecule has 1 saturated carbocycles. The Morgan fingerprint density at radius 1 is 1.59 bits per heavy atom. The van der Waals surface area contributed by atoms with Gasteiger partial charge >= 0.3 is 0 Å². The molecule has 1 aliphatic carbocycles. The molecular formula is C11H16Br2N2O2. The lowest BCUT2D eigenvalue weighted by Crippen LogP contribution is -2.31. The third-order valence-corrected chi connectivity index (χ3v) is 3.59. The van der Waals surface area contributed by atoms with Gasteiger partial charge in [0.15, 0.2) is 5.78 Å². The molecule has 96 valence electrons. The number of ketones is 1. The van der Waals surface area contributed by atoms with Crippen LogP contribution in [-0.4, -0.2) is 30.2 Å². The molecule has 1 atom stereocenters. The molecule has 6 heteroatoms. The van der Waals surface area contributed by atoms with Crippen LogP contribution in [-0.2, 0) is 9.53 Å². The Labute approximate surface area is 118 Å². The Kier molecular flexibility index (Phi) is 6.37. The van der Waals surface area contributed by atoms with Crippen molar-refractivity contribution in [1.29, 1.82) is 0 Å². The van der Waals surface area contributed by atoms with Gasteiger partial charge in [0.25, 0.3) is 0 Å². The van der Waals surface area contributed by atoms with Crippen LogP contribution in [0.2, 0.25) is 0 Å². The molecule has 0 saturated heterocycles. The maximum absolute atomic E-state index is 11.0. The van der Waals surface area contributed by atoms with Gasteiger partial charge in [-0.05, 0) is 50.6 Å². The van der Waals surface area contributed by atoms with E-state index in [4.69, 9.17) is 4.74 Å². The molecule has 0 aromatic rings.